The monoisotopic (exact) mass is 344 g/mol. The topological polar surface area (TPSA) is 64.7 Å². The summed E-state index contributed by atoms with van der Waals surface area (Å²) in [7, 11) is 0. The van der Waals surface area contributed by atoms with Gasteiger partial charge in [-0.25, -0.2) is 0 Å². The minimum absolute atomic E-state index is 0. The molecule has 2 amide bonds. The minimum atomic E-state index is 0. The van der Waals surface area contributed by atoms with Crippen LogP contribution >= 0.6 is 12.4 Å². The Morgan fingerprint density at radius 1 is 1.00 bits per heavy atom. The van der Waals surface area contributed by atoms with Crippen LogP contribution in [0.4, 0.5) is 0 Å². The molecule has 0 atom stereocenters. The Morgan fingerprint density at radius 3 is 2.22 bits per heavy atom. The molecule has 0 spiro atoms. The lowest BCUT2D eigenvalue weighted by molar-refractivity contribution is -0.139. The number of hydrogen-bond acceptors (Lipinski definition) is 4. The van der Waals surface area contributed by atoms with Gasteiger partial charge in [0, 0.05) is 45.3 Å². The Hall–Kier alpha value is -0.850. The average Bonchev–Trinajstić information content (AvgIpc) is 2.47. The maximum Gasteiger partial charge on any atom is 0.234 e. The van der Waals surface area contributed by atoms with Crippen molar-refractivity contribution in [3.8, 4) is 0 Å². The van der Waals surface area contributed by atoms with E-state index in [9.17, 15) is 9.59 Å². The summed E-state index contributed by atoms with van der Waals surface area (Å²) in [6, 6.07) is 0.384. The van der Waals surface area contributed by atoms with Crippen molar-refractivity contribution >= 4 is 24.2 Å². The van der Waals surface area contributed by atoms with Gasteiger partial charge in [0.2, 0.25) is 11.8 Å². The van der Waals surface area contributed by atoms with Crippen molar-refractivity contribution < 1.29 is 9.59 Å². The zero-order chi connectivity index (χ0) is 15.4. The molecule has 0 aromatic carbocycles. The Labute approximate surface area is 144 Å². The standard InChI is InChI=1S/C16H28N4O2.ClH/c21-15(18-14-4-2-1-3-5-14)12-19-6-8-20(9-7-19)16(22)13-10-17-11-13;/h13-14,17H,1-12H2,(H,18,21);1H. The molecule has 0 unspecified atom stereocenters. The molecular weight excluding hydrogens is 316 g/mol. The lowest BCUT2D eigenvalue weighted by Gasteiger charge is -2.38. The van der Waals surface area contributed by atoms with Gasteiger partial charge in [-0.1, -0.05) is 19.3 Å². The number of piperazine rings is 1. The summed E-state index contributed by atoms with van der Waals surface area (Å²) in [5.74, 6) is 0.612. The van der Waals surface area contributed by atoms with Gasteiger partial charge in [-0.05, 0) is 12.8 Å². The third-order valence-corrected chi connectivity index (χ3v) is 5.15. The Kier molecular flexibility index (Phi) is 7.11. The summed E-state index contributed by atoms with van der Waals surface area (Å²) in [4.78, 5) is 28.4. The molecule has 23 heavy (non-hydrogen) atoms. The molecule has 3 rings (SSSR count). The van der Waals surface area contributed by atoms with E-state index in [1.165, 1.54) is 19.3 Å². The average molecular weight is 345 g/mol. The molecule has 2 aliphatic heterocycles. The first-order chi connectivity index (χ1) is 10.7. The number of halogens is 1. The van der Waals surface area contributed by atoms with Crippen molar-refractivity contribution in [1.82, 2.24) is 20.4 Å². The van der Waals surface area contributed by atoms with Crippen LogP contribution in [0, 0.1) is 5.92 Å². The van der Waals surface area contributed by atoms with Crippen molar-refractivity contribution in [2.75, 3.05) is 45.8 Å². The Balaban J connectivity index is 0.00000192. The van der Waals surface area contributed by atoms with Gasteiger partial charge in [-0.3, -0.25) is 14.5 Å². The highest BCUT2D eigenvalue weighted by molar-refractivity contribution is 5.85. The summed E-state index contributed by atoms with van der Waals surface area (Å²) in [6.07, 6.45) is 6.04. The highest BCUT2D eigenvalue weighted by atomic mass is 35.5. The van der Waals surface area contributed by atoms with Crippen molar-refractivity contribution in [2.45, 2.75) is 38.1 Å². The number of amides is 2. The van der Waals surface area contributed by atoms with Crippen LogP contribution in [0.15, 0.2) is 0 Å². The second-order valence-electron chi connectivity index (χ2n) is 6.86. The maximum absolute atomic E-state index is 12.2. The number of nitrogens with one attached hydrogen (secondary N) is 2. The van der Waals surface area contributed by atoms with Crippen molar-refractivity contribution in [3.05, 3.63) is 0 Å². The van der Waals surface area contributed by atoms with Crippen molar-refractivity contribution in [2.24, 2.45) is 5.92 Å². The number of carbonyl (C=O) groups excluding carboxylic acids is 2. The van der Waals surface area contributed by atoms with Crippen LogP contribution in [0.5, 0.6) is 0 Å². The zero-order valence-electron chi connectivity index (χ0n) is 13.8. The molecule has 132 valence electrons. The smallest absolute Gasteiger partial charge is 0.234 e. The number of carbonyl (C=O) groups is 2. The molecule has 2 heterocycles. The van der Waals surface area contributed by atoms with Gasteiger partial charge in [-0.15, -0.1) is 12.4 Å². The van der Waals surface area contributed by atoms with E-state index < -0.39 is 0 Å². The molecule has 0 bridgehead atoms. The van der Waals surface area contributed by atoms with Gasteiger partial charge in [0.05, 0.1) is 12.5 Å². The SMILES string of the molecule is Cl.O=C(CN1CCN(C(=O)C2CNC2)CC1)NC1CCCCC1. The molecule has 6 nitrogen and oxygen atoms in total. The zero-order valence-corrected chi connectivity index (χ0v) is 14.6. The van der Waals surface area contributed by atoms with Crippen LogP contribution < -0.4 is 10.6 Å². The van der Waals surface area contributed by atoms with Gasteiger partial charge in [-0.2, -0.15) is 0 Å². The lowest BCUT2D eigenvalue weighted by atomic mass is 9.95. The van der Waals surface area contributed by atoms with E-state index in [0.29, 0.717) is 12.6 Å². The summed E-state index contributed by atoms with van der Waals surface area (Å²) in [5, 5.41) is 6.31. The molecule has 1 saturated carbocycles. The third-order valence-electron chi connectivity index (χ3n) is 5.15. The van der Waals surface area contributed by atoms with Crippen molar-refractivity contribution in [3.63, 3.8) is 0 Å². The van der Waals surface area contributed by atoms with E-state index in [1.807, 2.05) is 4.90 Å². The fourth-order valence-electron chi connectivity index (χ4n) is 3.57. The van der Waals surface area contributed by atoms with Gasteiger partial charge in [0.25, 0.3) is 0 Å². The molecule has 0 radical (unpaired) electrons. The van der Waals surface area contributed by atoms with Crippen LogP contribution in [0.1, 0.15) is 32.1 Å². The van der Waals surface area contributed by atoms with E-state index in [0.717, 1.165) is 52.1 Å². The van der Waals surface area contributed by atoms with Gasteiger partial charge >= 0.3 is 0 Å². The fraction of sp³-hybridized carbons (Fsp3) is 0.875. The molecular formula is C16H29ClN4O2. The van der Waals surface area contributed by atoms with E-state index >= 15 is 0 Å². The molecule has 3 fully saturated rings. The third kappa shape index (κ3) is 5.06. The van der Waals surface area contributed by atoms with Crippen LogP contribution in [0.2, 0.25) is 0 Å². The normalized spacial score (nSPS) is 23.7. The van der Waals surface area contributed by atoms with Crippen molar-refractivity contribution in [1.29, 1.82) is 0 Å². The predicted octanol–water partition coefficient (Wildman–Crippen LogP) is 0.221. The summed E-state index contributed by atoms with van der Waals surface area (Å²) in [6.45, 7) is 5.25. The van der Waals surface area contributed by atoms with E-state index in [2.05, 4.69) is 15.5 Å². The molecule has 0 aromatic rings. The van der Waals surface area contributed by atoms with E-state index in [-0.39, 0.29) is 30.1 Å². The van der Waals surface area contributed by atoms with Crippen LogP contribution in [0.3, 0.4) is 0 Å². The molecule has 1 aliphatic carbocycles. The second-order valence-corrected chi connectivity index (χ2v) is 6.86. The maximum atomic E-state index is 12.2. The van der Waals surface area contributed by atoms with Crippen LogP contribution in [-0.2, 0) is 9.59 Å². The molecule has 2 saturated heterocycles. The summed E-state index contributed by atoms with van der Waals surface area (Å²) < 4.78 is 0. The first-order valence-corrected chi connectivity index (χ1v) is 8.73. The summed E-state index contributed by atoms with van der Waals surface area (Å²) in [5.41, 5.74) is 0. The highest BCUT2D eigenvalue weighted by Gasteiger charge is 2.31. The largest absolute Gasteiger partial charge is 0.352 e. The van der Waals surface area contributed by atoms with E-state index in [4.69, 9.17) is 0 Å². The highest BCUT2D eigenvalue weighted by Crippen LogP contribution is 2.17. The second kappa shape index (κ2) is 8.85. The lowest BCUT2D eigenvalue weighted by Crippen LogP contribution is -2.57. The Bertz CT molecular complexity index is 403. The summed E-state index contributed by atoms with van der Waals surface area (Å²) >= 11 is 0. The number of hydrogen-bond donors (Lipinski definition) is 2. The quantitative estimate of drug-likeness (QED) is 0.766. The minimum Gasteiger partial charge on any atom is -0.352 e. The first-order valence-electron chi connectivity index (χ1n) is 8.73. The van der Waals surface area contributed by atoms with Crippen LogP contribution in [-0.4, -0.2) is 73.5 Å². The first kappa shape index (κ1) is 18.5. The van der Waals surface area contributed by atoms with Gasteiger partial charge < -0.3 is 15.5 Å². The number of rotatable bonds is 4. The van der Waals surface area contributed by atoms with Gasteiger partial charge in [0.15, 0.2) is 0 Å². The molecule has 3 aliphatic rings. The molecule has 0 aromatic heterocycles. The van der Waals surface area contributed by atoms with Crippen LogP contribution in [0.25, 0.3) is 0 Å². The number of nitrogens with zero attached hydrogens (tertiary/aromatic N) is 2. The molecule has 7 heteroatoms. The molecule has 2 N–H and O–H groups in total. The predicted molar refractivity (Wildman–Crippen MR) is 91.6 cm³/mol. The Morgan fingerprint density at radius 2 is 1.65 bits per heavy atom. The van der Waals surface area contributed by atoms with Gasteiger partial charge in [0.1, 0.15) is 0 Å². The van der Waals surface area contributed by atoms with E-state index in [1.54, 1.807) is 0 Å². The fourth-order valence-corrected chi connectivity index (χ4v) is 3.57.